The van der Waals surface area contributed by atoms with Crippen molar-refractivity contribution in [3.05, 3.63) is 65.7 Å². The molecule has 0 aliphatic rings. The second-order valence-electron chi connectivity index (χ2n) is 6.43. The van der Waals surface area contributed by atoms with Crippen LogP contribution in [-0.2, 0) is 13.6 Å². The minimum absolute atomic E-state index is 0.126. The van der Waals surface area contributed by atoms with E-state index in [1.807, 2.05) is 0 Å². The van der Waals surface area contributed by atoms with E-state index in [1.54, 1.807) is 39.8 Å². The number of hydrogen-bond acceptors (Lipinski definition) is 4. The van der Waals surface area contributed by atoms with Gasteiger partial charge in [-0.05, 0) is 52.0 Å². The molecule has 0 spiro atoms. The van der Waals surface area contributed by atoms with Crippen LogP contribution >= 0.6 is 7.60 Å². The largest absolute Gasteiger partial charge is 0.368 e. The minimum Gasteiger partial charge on any atom is -0.368 e. The van der Waals surface area contributed by atoms with E-state index in [9.17, 15) is 13.3 Å². The molecule has 0 aromatic heterocycles. The molecule has 2 rings (SSSR count). The van der Waals surface area contributed by atoms with Gasteiger partial charge in [0, 0.05) is 11.3 Å². The van der Waals surface area contributed by atoms with Gasteiger partial charge in [0.25, 0.3) is 0 Å². The molecular weight excluding hydrogens is 359 g/mol. The van der Waals surface area contributed by atoms with E-state index in [4.69, 9.17) is 9.05 Å². The summed E-state index contributed by atoms with van der Waals surface area (Å²) in [7, 11) is -3.84. The molecule has 1 atom stereocenters. The third kappa shape index (κ3) is 5.37. The quantitative estimate of drug-likeness (QED) is 0.558. The Morgan fingerprint density at radius 1 is 0.923 bits per heavy atom. The number of rotatable bonds is 8. The maximum atomic E-state index is 14.5. The molecule has 0 fully saturated rings. The topological polar surface area (TPSA) is 47.6 Å². The monoisotopic (exact) mass is 383 g/mol. The van der Waals surface area contributed by atoms with Gasteiger partial charge in [-0.2, -0.15) is 0 Å². The molecule has 0 bridgehead atoms. The number of hydrogen-bond donors (Lipinski definition) is 1. The first-order chi connectivity index (χ1) is 12.2. The Balaban J connectivity index is 2.53. The van der Waals surface area contributed by atoms with E-state index in [0.717, 1.165) is 0 Å². The van der Waals surface area contributed by atoms with Crippen molar-refractivity contribution >= 4 is 13.3 Å². The van der Waals surface area contributed by atoms with Crippen molar-refractivity contribution in [1.82, 2.24) is 0 Å². The summed E-state index contributed by atoms with van der Waals surface area (Å²) < 4.78 is 52.9. The normalized spacial score (nSPS) is 13.2. The molecule has 1 N–H and O–H groups in total. The van der Waals surface area contributed by atoms with Crippen LogP contribution in [0, 0.1) is 11.6 Å². The van der Waals surface area contributed by atoms with Gasteiger partial charge in [-0.3, -0.25) is 4.57 Å². The number of nitrogens with one attached hydrogen (secondary N) is 1. The van der Waals surface area contributed by atoms with Crippen molar-refractivity contribution in [2.75, 3.05) is 5.32 Å². The van der Waals surface area contributed by atoms with E-state index < -0.39 is 37.2 Å². The van der Waals surface area contributed by atoms with Gasteiger partial charge in [0.15, 0.2) is 5.78 Å². The molecule has 0 saturated carbocycles. The maximum Gasteiger partial charge on any atom is 0.357 e. The zero-order valence-electron chi connectivity index (χ0n) is 15.3. The summed E-state index contributed by atoms with van der Waals surface area (Å²) in [5.74, 6) is -2.15. The summed E-state index contributed by atoms with van der Waals surface area (Å²) in [6.45, 7) is 6.88. The fourth-order valence-electron chi connectivity index (χ4n) is 2.49. The molecule has 0 radical (unpaired) electrons. The lowest BCUT2D eigenvalue weighted by Crippen LogP contribution is -2.20. The molecule has 4 nitrogen and oxygen atoms in total. The molecule has 7 heteroatoms. The van der Waals surface area contributed by atoms with E-state index in [-0.39, 0.29) is 5.56 Å². The molecular formula is C19H24F2NO3P. The average molecular weight is 383 g/mol. The van der Waals surface area contributed by atoms with Crippen LogP contribution in [0.25, 0.3) is 0 Å². The Morgan fingerprint density at radius 3 is 2.08 bits per heavy atom. The van der Waals surface area contributed by atoms with Crippen LogP contribution in [0.1, 0.15) is 39.0 Å². The Labute approximate surface area is 153 Å². The van der Waals surface area contributed by atoms with Gasteiger partial charge >= 0.3 is 7.60 Å². The molecule has 26 heavy (non-hydrogen) atoms. The van der Waals surface area contributed by atoms with Gasteiger partial charge in [-0.1, -0.05) is 24.3 Å². The van der Waals surface area contributed by atoms with Crippen LogP contribution in [0.15, 0.2) is 48.5 Å². The lowest BCUT2D eigenvalue weighted by Gasteiger charge is -2.31. The Morgan fingerprint density at radius 2 is 1.54 bits per heavy atom. The van der Waals surface area contributed by atoms with Crippen LogP contribution in [0.4, 0.5) is 14.5 Å². The Bertz CT molecular complexity index is 769. The first-order valence-corrected chi connectivity index (χ1v) is 10.1. The SMILES string of the molecule is CC(C)OP(=O)(OC(C)C)C(Nc1cccc(F)c1)c1ccccc1F. The summed E-state index contributed by atoms with van der Waals surface area (Å²) in [5, 5.41) is 2.94. The predicted octanol–water partition coefficient (Wildman–Crippen LogP) is 6.12. The van der Waals surface area contributed by atoms with Crippen LogP contribution in [-0.4, -0.2) is 12.2 Å². The molecule has 142 valence electrons. The van der Waals surface area contributed by atoms with Crippen LogP contribution in [0.3, 0.4) is 0 Å². The van der Waals surface area contributed by atoms with Crippen molar-refractivity contribution in [1.29, 1.82) is 0 Å². The zero-order chi connectivity index (χ0) is 19.3. The Kier molecular flexibility index (Phi) is 6.93. The summed E-state index contributed by atoms with van der Waals surface area (Å²) in [5.41, 5.74) is 0.472. The number of anilines is 1. The summed E-state index contributed by atoms with van der Waals surface area (Å²) in [4.78, 5) is 0. The molecule has 2 aromatic carbocycles. The average Bonchev–Trinajstić information content (AvgIpc) is 2.52. The van der Waals surface area contributed by atoms with Gasteiger partial charge in [-0.15, -0.1) is 0 Å². The van der Waals surface area contributed by atoms with Crippen molar-refractivity contribution in [3.63, 3.8) is 0 Å². The number of halogens is 2. The van der Waals surface area contributed by atoms with Gasteiger partial charge in [0.05, 0.1) is 12.2 Å². The van der Waals surface area contributed by atoms with E-state index >= 15 is 0 Å². The predicted molar refractivity (Wildman–Crippen MR) is 99.2 cm³/mol. The molecule has 0 aliphatic heterocycles. The number of benzene rings is 2. The molecule has 0 heterocycles. The van der Waals surface area contributed by atoms with Crippen molar-refractivity contribution in [2.24, 2.45) is 0 Å². The van der Waals surface area contributed by atoms with Gasteiger partial charge in [0.2, 0.25) is 0 Å². The highest BCUT2D eigenvalue weighted by molar-refractivity contribution is 7.54. The third-order valence-electron chi connectivity index (χ3n) is 3.36. The Hall–Kier alpha value is -1.75. The zero-order valence-corrected chi connectivity index (χ0v) is 16.2. The fourth-order valence-corrected chi connectivity index (χ4v) is 4.82. The maximum absolute atomic E-state index is 14.5. The van der Waals surface area contributed by atoms with E-state index in [1.165, 1.54) is 36.4 Å². The highest BCUT2D eigenvalue weighted by Crippen LogP contribution is 2.62. The van der Waals surface area contributed by atoms with Crippen LogP contribution in [0.5, 0.6) is 0 Å². The highest BCUT2D eigenvalue weighted by atomic mass is 31.2. The summed E-state index contributed by atoms with van der Waals surface area (Å²) >= 11 is 0. The van der Waals surface area contributed by atoms with Crippen LogP contribution in [0.2, 0.25) is 0 Å². The van der Waals surface area contributed by atoms with Crippen LogP contribution < -0.4 is 5.32 Å². The molecule has 0 amide bonds. The van der Waals surface area contributed by atoms with E-state index in [2.05, 4.69) is 5.32 Å². The first kappa shape index (κ1) is 20.6. The molecule has 1 unspecified atom stereocenters. The molecule has 0 saturated heterocycles. The van der Waals surface area contributed by atoms with Gasteiger partial charge < -0.3 is 14.4 Å². The second kappa shape index (κ2) is 8.76. The van der Waals surface area contributed by atoms with Crippen molar-refractivity contribution in [3.8, 4) is 0 Å². The highest BCUT2D eigenvalue weighted by Gasteiger charge is 2.40. The second-order valence-corrected chi connectivity index (χ2v) is 8.44. The van der Waals surface area contributed by atoms with Crippen molar-refractivity contribution in [2.45, 2.75) is 45.7 Å². The standard InChI is InChI=1S/C19H24F2NO3P/c1-13(2)24-26(23,25-14(3)4)19(17-10-5-6-11-18(17)21)22-16-9-7-8-15(20)12-16/h5-14,19,22H,1-4H3. The lowest BCUT2D eigenvalue weighted by molar-refractivity contribution is 0.137. The van der Waals surface area contributed by atoms with E-state index in [0.29, 0.717) is 5.69 Å². The first-order valence-electron chi connectivity index (χ1n) is 8.44. The molecule has 2 aromatic rings. The summed E-state index contributed by atoms with van der Waals surface area (Å²) in [6, 6.07) is 11.6. The lowest BCUT2D eigenvalue weighted by atomic mass is 10.2. The van der Waals surface area contributed by atoms with Crippen molar-refractivity contribution < 1.29 is 22.4 Å². The minimum atomic E-state index is -3.84. The third-order valence-corrected chi connectivity index (χ3v) is 5.83. The smallest absolute Gasteiger partial charge is 0.357 e. The molecule has 0 aliphatic carbocycles. The van der Waals surface area contributed by atoms with Gasteiger partial charge in [0.1, 0.15) is 11.6 Å². The fraction of sp³-hybridized carbons (Fsp3) is 0.368. The van der Waals surface area contributed by atoms with Gasteiger partial charge in [-0.25, -0.2) is 8.78 Å². The summed E-state index contributed by atoms with van der Waals surface area (Å²) in [6.07, 6.45) is -0.827.